The lowest BCUT2D eigenvalue weighted by Crippen LogP contribution is -2.19. The minimum atomic E-state index is 0.215. The van der Waals surface area contributed by atoms with Gasteiger partial charge >= 0.3 is 0 Å². The number of nitrogens with two attached hydrogens (primary N) is 1. The zero-order valence-electron chi connectivity index (χ0n) is 8.96. The minimum Gasteiger partial charge on any atom is -0.324 e. The Kier molecular flexibility index (Phi) is 2.55. The molecule has 2 rings (SSSR count). The van der Waals surface area contributed by atoms with E-state index in [0.29, 0.717) is 5.92 Å². The molecule has 1 atom stereocenters. The summed E-state index contributed by atoms with van der Waals surface area (Å²) < 4.78 is 0. The SMILES string of the molecule is CC(C)c1ccc2c(n1)CCCC2N. The number of fused-ring (bicyclic) bond motifs is 1. The molecule has 0 radical (unpaired) electrons. The van der Waals surface area contributed by atoms with Gasteiger partial charge in [0, 0.05) is 17.4 Å². The van der Waals surface area contributed by atoms with Gasteiger partial charge in [-0.05, 0) is 36.8 Å². The standard InChI is InChI=1S/C12H18N2/c1-8(2)11-7-6-9-10(13)4-3-5-12(9)14-11/h6-8,10H,3-5,13H2,1-2H3. The van der Waals surface area contributed by atoms with E-state index in [1.54, 1.807) is 0 Å². The van der Waals surface area contributed by atoms with E-state index in [1.807, 2.05) is 0 Å². The average Bonchev–Trinajstić information content (AvgIpc) is 2.17. The number of rotatable bonds is 1. The van der Waals surface area contributed by atoms with Crippen molar-refractivity contribution >= 4 is 0 Å². The van der Waals surface area contributed by atoms with Gasteiger partial charge in [0.25, 0.3) is 0 Å². The van der Waals surface area contributed by atoms with E-state index in [1.165, 1.54) is 23.4 Å². The Morgan fingerprint density at radius 1 is 1.43 bits per heavy atom. The lowest BCUT2D eigenvalue weighted by atomic mass is 9.91. The summed E-state index contributed by atoms with van der Waals surface area (Å²) in [5.41, 5.74) is 9.72. The molecule has 0 fully saturated rings. The molecular formula is C12H18N2. The van der Waals surface area contributed by atoms with Crippen molar-refractivity contribution in [3.63, 3.8) is 0 Å². The Morgan fingerprint density at radius 3 is 2.93 bits per heavy atom. The lowest BCUT2D eigenvalue weighted by molar-refractivity contribution is 0.556. The van der Waals surface area contributed by atoms with Crippen molar-refractivity contribution in [1.29, 1.82) is 0 Å². The zero-order chi connectivity index (χ0) is 10.1. The van der Waals surface area contributed by atoms with Crippen LogP contribution in [0.25, 0.3) is 0 Å². The molecule has 1 aromatic heterocycles. The maximum atomic E-state index is 6.03. The third kappa shape index (κ3) is 1.67. The molecule has 0 saturated heterocycles. The largest absolute Gasteiger partial charge is 0.324 e. The quantitative estimate of drug-likeness (QED) is 0.739. The molecule has 1 aromatic rings. The van der Waals surface area contributed by atoms with Gasteiger partial charge in [-0.25, -0.2) is 0 Å². The lowest BCUT2D eigenvalue weighted by Gasteiger charge is -2.22. The fourth-order valence-electron chi connectivity index (χ4n) is 2.03. The summed E-state index contributed by atoms with van der Waals surface area (Å²) >= 11 is 0. The van der Waals surface area contributed by atoms with Crippen molar-refractivity contribution < 1.29 is 0 Å². The van der Waals surface area contributed by atoms with Crippen molar-refractivity contribution in [2.24, 2.45) is 5.73 Å². The summed E-state index contributed by atoms with van der Waals surface area (Å²) in [6.45, 7) is 4.36. The van der Waals surface area contributed by atoms with Crippen LogP contribution in [-0.4, -0.2) is 4.98 Å². The van der Waals surface area contributed by atoms with Crippen LogP contribution in [0.4, 0.5) is 0 Å². The number of aryl methyl sites for hydroxylation is 1. The molecule has 0 aromatic carbocycles. The van der Waals surface area contributed by atoms with Gasteiger partial charge in [0.15, 0.2) is 0 Å². The fourth-order valence-corrected chi connectivity index (χ4v) is 2.03. The highest BCUT2D eigenvalue weighted by Gasteiger charge is 2.18. The van der Waals surface area contributed by atoms with Crippen LogP contribution in [0.5, 0.6) is 0 Å². The summed E-state index contributed by atoms with van der Waals surface area (Å²) in [6, 6.07) is 4.50. The molecule has 0 saturated carbocycles. The molecule has 1 aliphatic carbocycles. The first-order valence-electron chi connectivity index (χ1n) is 5.44. The van der Waals surface area contributed by atoms with Gasteiger partial charge in [-0.2, -0.15) is 0 Å². The molecule has 0 bridgehead atoms. The van der Waals surface area contributed by atoms with E-state index >= 15 is 0 Å². The zero-order valence-corrected chi connectivity index (χ0v) is 8.96. The Bertz CT molecular complexity index is 331. The minimum absolute atomic E-state index is 0.215. The maximum Gasteiger partial charge on any atom is 0.0454 e. The molecule has 1 aliphatic rings. The molecule has 2 N–H and O–H groups in total. The second-order valence-corrected chi connectivity index (χ2v) is 4.43. The van der Waals surface area contributed by atoms with Crippen molar-refractivity contribution in [3.8, 4) is 0 Å². The van der Waals surface area contributed by atoms with E-state index in [-0.39, 0.29) is 6.04 Å². The van der Waals surface area contributed by atoms with Crippen LogP contribution in [0.1, 0.15) is 55.6 Å². The normalized spacial score (nSPS) is 21.0. The van der Waals surface area contributed by atoms with E-state index in [0.717, 1.165) is 12.8 Å². The molecule has 2 heteroatoms. The van der Waals surface area contributed by atoms with Gasteiger partial charge in [0.05, 0.1) is 0 Å². The molecule has 14 heavy (non-hydrogen) atoms. The van der Waals surface area contributed by atoms with Gasteiger partial charge in [0.2, 0.25) is 0 Å². The highest BCUT2D eigenvalue weighted by atomic mass is 14.8. The van der Waals surface area contributed by atoms with Crippen LogP contribution in [0, 0.1) is 0 Å². The first-order chi connectivity index (χ1) is 6.68. The average molecular weight is 190 g/mol. The molecule has 0 amide bonds. The van der Waals surface area contributed by atoms with E-state index < -0.39 is 0 Å². The van der Waals surface area contributed by atoms with Crippen LogP contribution >= 0.6 is 0 Å². The maximum absolute atomic E-state index is 6.03. The van der Waals surface area contributed by atoms with Crippen LogP contribution in [0.15, 0.2) is 12.1 Å². The highest BCUT2D eigenvalue weighted by Crippen LogP contribution is 2.27. The Balaban J connectivity index is 2.39. The van der Waals surface area contributed by atoms with Gasteiger partial charge in [-0.15, -0.1) is 0 Å². The van der Waals surface area contributed by atoms with Crippen molar-refractivity contribution in [3.05, 3.63) is 29.1 Å². The fraction of sp³-hybridized carbons (Fsp3) is 0.583. The monoisotopic (exact) mass is 190 g/mol. The molecule has 0 aliphatic heterocycles. The smallest absolute Gasteiger partial charge is 0.0454 e. The second kappa shape index (κ2) is 3.70. The molecule has 1 heterocycles. The molecule has 76 valence electrons. The Morgan fingerprint density at radius 2 is 2.21 bits per heavy atom. The summed E-state index contributed by atoms with van der Waals surface area (Å²) in [4.78, 5) is 4.68. The van der Waals surface area contributed by atoms with Crippen LogP contribution < -0.4 is 5.73 Å². The first-order valence-corrected chi connectivity index (χ1v) is 5.44. The number of hydrogen-bond donors (Lipinski definition) is 1. The van der Waals surface area contributed by atoms with Gasteiger partial charge in [-0.1, -0.05) is 19.9 Å². The molecular weight excluding hydrogens is 172 g/mol. The molecule has 1 unspecified atom stereocenters. The van der Waals surface area contributed by atoms with Gasteiger partial charge in [-0.3, -0.25) is 4.98 Å². The van der Waals surface area contributed by atoms with Crippen molar-refractivity contribution in [2.75, 3.05) is 0 Å². The Hall–Kier alpha value is -0.890. The highest BCUT2D eigenvalue weighted by molar-refractivity contribution is 5.29. The van der Waals surface area contributed by atoms with E-state index in [9.17, 15) is 0 Å². The first kappa shape index (κ1) is 9.66. The Labute approximate surface area is 85.5 Å². The molecule has 2 nitrogen and oxygen atoms in total. The summed E-state index contributed by atoms with van der Waals surface area (Å²) in [7, 11) is 0. The van der Waals surface area contributed by atoms with Crippen LogP contribution in [-0.2, 0) is 6.42 Å². The predicted molar refractivity (Wildman–Crippen MR) is 58.2 cm³/mol. The van der Waals surface area contributed by atoms with Crippen LogP contribution in [0.2, 0.25) is 0 Å². The number of hydrogen-bond acceptors (Lipinski definition) is 2. The van der Waals surface area contributed by atoms with E-state index in [4.69, 9.17) is 5.73 Å². The van der Waals surface area contributed by atoms with Crippen LogP contribution in [0.3, 0.4) is 0 Å². The number of aromatic nitrogens is 1. The number of nitrogens with zero attached hydrogens (tertiary/aromatic N) is 1. The number of pyridine rings is 1. The van der Waals surface area contributed by atoms with Gasteiger partial charge in [0.1, 0.15) is 0 Å². The molecule has 0 spiro atoms. The second-order valence-electron chi connectivity index (χ2n) is 4.43. The van der Waals surface area contributed by atoms with Crippen molar-refractivity contribution in [2.45, 2.75) is 45.1 Å². The van der Waals surface area contributed by atoms with Crippen molar-refractivity contribution in [1.82, 2.24) is 4.98 Å². The summed E-state index contributed by atoms with van der Waals surface area (Å²) in [5.74, 6) is 0.512. The summed E-state index contributed by atoms with van der Waals surface area (Å²) in [6.07, 6.45) is 3.39. The van der Waals surface area contributed by atoms with Gasteiger partial charge < -0.3 is 5.73 Å². The third-order valence-corrected chi connectivity index (χ3v) is 2.95. The topological polar surface area (TPSA) is 38.9 Å². The third-order valence-electron chi connectivity index (χ3n) is 2.95. The predicted octanol–water partition coefficient (Wildman–Crippen LogP) is 2.54. The van der Waals surface area contributed by atoms with E-state index in [2.05, 4.69) is 31.0 Å². The summed E-state index contributed by atoms with van der Waals surface area (Å²) in [5, 5.41) is 0.